The first-order chi connectivity index (χ1) is 12.7. The van der Waals surface area contributed by atoms with Gasteiger partial charge in [-0.15, -0.1) is 11.8 Å². The van der Waals surface area contributed by atoms with Crippen LogP contribution in [0.1, 0.15) is 57.1 Å². The Bertz CT molecular complexity index is 956. The number of carbonyl (C=O) groups is 1. The first-order valence-corrected chi connectivity index (χ1v) is 10.1. The van der Waals surface area contributed by atoms with E-state index in [-0.39, 0.29) is 5.78 Å². The second-order valence-electron chi connectivity index (χ2n) is 6.79. The van der Waals surface area contributed by atoms with E-state index in [9.17, 15) is 4.79 Å². The summed E-state index contributed by atoms with van der Waals surface area (Å²) in [7, 11) is 0. The number of ketones is 1. The number of aromatic nitrogens is 1. The predicted molar refractivity (Wildman–Crippen MR) is 104 cm³/mol. The first-order valence-electron chi connectivity index (χ1n) is 8.88. The van der Waals surface area contributed by atoms with E-state index in [0.29, 0.717) is 11.5 Å². The Balaban J connectivity index is 1.69. The van der Waals surface area contributed by atoms with Crippen molar-refractivity contribution in [3.63, 3.8) is 0 Å². The molecule has 0 spiro atoms. The SMILES string of the molecule is CSc1cccc(Cc2ccccc2C(=O)c2cnoc2C2CC2)c1C. The van der Waals surface area contributed by atoms with Crippen molar-refractivity contribution in [2.45, 2.75) is 37.0 Å². The van der Waals surface area contributed by atoms with Gasteiger partial charge in [-0.3, -0.25) is 4.79 Å². The third-order valence-electron chi connectivity index (χ3n) is 5.05. The molecule has 1 fully saturated rings. The van der Waals surface area contributed by atoms with Crippen molar-refractivity contribution >= 4 is 17.5 Å². The van der Waals surface area contributed by atoms with E-state index in [2.05, 4.69) is 36.5 Å². The molecule has 1 saturated carbocycles. The van der Waals surface area contributed by atoms with Gasteiger partial charge in [0.2, 0.25) is 0 Å². The lowest BCUT2D eigenvalue weighted by Gasteiger charge is -2.12. The van der Waals surface area contributed by atoms with Crippen LogP contribution in [0.5, 0.6) is 0 Å². The highest BCUT2D eigenvalue weighted by Crippen LogP contribution is 2.42. The summed E-state index contributed by atoms with van der Waals surface area (Å²) in [5, 5.41) is 3.88. The molecule has 0 atom stereocenters. The summed E-state index contributed by atoms with van der Waals surface area (Å²) in [5.41, 5.74) is 4.94. The van der Waals surface area contributed by atoms with Crippen LogP contribution in [0.25, 0.3) is 0 Å². The van der Waals surface area contributed by atoms with E-state index in [4.69, 9.17) is 4.52 Å². The van der Waals surface area contributed by atoms with Crippen LogP contribution in [0.4, 0.5) is 0 Å². The lowest BCUT2D eigenvalue weighted by atomic mass is 9.92. The number of nitrogens with zero attached hydrogens (tertiary/aromatic N) is 1. The highest BCUT2D eigenvalue weighted by Gasteiger charge is 2.33. The van der Waals surface area contributed by atoms with Crippen LogP contribution >= 0.6 is 11.8 Å². The molecule has 0 N–H and O–H groups in total. The second kappa shape index (κ2) is 7.12. The predicted octanol–water partition coefficient (Wildman–Crippen LogP) is 5.40. The maximum atomic E-state index is 13.2. The van der Waals surface area contributed by atoms with Gasteiger partial charge < -0.3 is 4.52 Å². The van der Waals surface area contributed by atoms with Gasteiger partial charge in [-0.25, -0.2) is 0 Å². The molecule has 0 unspecified atom stereocenters. The summed E-state index contributed by atoms with van der Waals surface area (Å²) in [6.07, 6.45) is 6.57. The highest BCUT2D eigenvalue weighted by atomic mass is 32.2. The van der Waals surface area contributed by atoms with Gasteiger partial charge in [-0.05, 0) is 55.2 Å². The first kappa shape index (κ1) is 17.1. The zero-order chi connectivity index (χ0) is 18.1. The molecule has 4 heteroatoms. The average molecular weight is 363 g/mol. The zero-order valence-corrected chi connectivity index (χ0v) is 15.8. The van der Waals surface area contributed by atoms with E-state index in [0.717, 1.165) is 36.1 Å². The fourth-order valence-electron chi connectivity index (χ4n) is 3.38. The van der Waals surface area contributed by atoms with Crippen LogP contribution in [0, 0.1) is 6.92 Å². The molecule has 1 aliphatic carbocycles. The number of rotatable bonds is 6. The lowest BCUT2D eigenvalue weighted by molar-refractivity contribution is 0.103. The van der Waals surface area contributed by atoms with Gasteiger partial charge in [0.25, 0.3) is 0 Å². The van der Waals surface area contributed by atoms with Crippen molar-refractivity contribution in [1.82, 2.24) is 5.16 Å². The minimum Gasteiger partial charge on any atom is -0.360 e. The van der Waals surface area contributed by atoms with Crippen LogP contribution in [0.2, 0.25) is 0 Å². The molecule has 1 heterocycles. The summed E-state index contributed by atoms with van der Waals surface area (Å²) in [6.45, 7) is 2.15. The van der Waals surface area contributed by atoms with Gasteiger partial charge in [0.1, 0.15) is 0 Å². The molecule has 3 nitrogen and oxygen atoms in total. The van der Waals surface area contributed by atoms with Crippen molar-refractivity contribution in [2.24, 2.45) is 0 Å². The molecule has 0 bridgehead atoms. The third-order valence-corrected chi connectivity index (χ3v) is 5.93. The van der Waals surface area contributed by atoms with Crippen LogP contribution in [-0.2, 0) is 6.42 Å². The van der Waals surface area contributed by atoms with E-state index < -0.39 is 0 Å². The molecule has 0 radical (unpaired) electrons. The molecule has 0 aliphatic heterocycles. The second-order valence-corrected chi connectivity index (χ2v) is 7.63. The van der Waals surface area contributed by atoms with Crippen molar-refractivity contribution in [1.29, 1.82) is 0 Å². The Labute approximate surface area is 157 Å². The van der Waals surface area contributed by atoms with E-state index in [1.54, 1.807) is 18.0 Å². The van der Waals surface area contributed by atoms with Gasteiger partial charge in [-0.2, -0.15) is 0 Å². The Morgan fingerprint density at radius 1 is 1.12 bits per heavy atom. The van der Waals surface area contributed by atoms with Gasteiger partial charge in [0, 0.05) is 16.4 Å². The monoisotopic (exact) mass is 363 g/mol. The maximum Gasteiger partial charge on any atom is 0.198 e. The fourth-order valence-corrected chi connectivity index (χ4v) is 4.03. The number of carbonyl (C=O) groups excluding carboxylic acids is 1. The van der Waals surface area contributed by atoms with Crippen molar-refractivity contribution < 1.29 is 9.32 Å². The summed E-state index contributed by atoms with van der Waals surface area (Å²) in [5.74, 6) is 1.14. The van der Waals surface area contributed by atoms with Gasteiger partial charge >= 0.3 is 0 Å². The van der Waals surface area contributed by atoms with E-state index in [1.807, 2.05) is 24.3 Å². The summed E-state index contributed by atoms with van der Waals surface area (Å²) >= 11 is 1.75. The quantitative estimate of drug-likeness (QED) is 0.434. The van der Waals surface area contributed by atoms with Crippen LogP contribution < -0.4 is 0 Å². The number of hydrogen-bond acceptors (Lipinski definition) is 4. The van der Waals surface area contributed by atoms with Crippen LogP contribution in [0.3, 0.4) is 0 Å². The maximum absolute atomic E-state index is 13.2. The molecule has 1 aliphatic rings. The Hall–Kier alpha value is -2.33. The Kier molecular flexibility index (Phi) is 4.68. The molecule has 0 amide bonds. The smallest absolute Gasteiger partial charge is 0.198 e. The largest absolute Gasteiger partial charge is 0.360 e. The lowest BCUT2D eigenvalue weighted by Crippen LogP contribution is -2.07. The minimum atomic E-state index is 0.0161. The molecular weight excluding hydrogens is 342 g/mol. The molecule has 0 saturated heterocycles. The fraction of sp³-hybridized carbons (Fsp3) is 0.273. The zero-order valence-electron chi connectivity index (χ0n) is 15.0. The third kappa shape index (κ3) is 3.21. The van der Waals surface area contributed by atoms with Gasteiger partial charge in [0.15, 0.2) is 11.5 Å². The van der Waals surface area contributed by atoms with Crippen molar-refractivity contribution in [2.75, 3.05) is 6.26 Å². The molecule has 1 aromatic heterocycles. The summed E-state index contributed by atoms with van der Waals surface area (Å²) in [4.78, 5) is 14.5. The molecule has 3 aromatic rings. The number of thioether (sulfide) groups is 1. The van der Waals surface area contributed by atoms with Crippen LogP contribution in [0.15, 0.2) is 58.1 Å². The van der Waals surface area contributed by atoms with Crippen molar-refractivity contribution in [3.8, 4) is 0 Å². The molecule has 26 heavy (non-hydrogen) atoms. The van der Waals surface area contributed by atoms with Crippen molar-refractivity contribution in [3.05, 3.63) is 82.2 Å². The molecule has 132 valence electrons. The standard InChI is InChI=1S/C22H21NO2S/c1-14-16(7-5-9-20(14)26-2)12-17-6-3-4-8-18(17)21(24)19-13-23-25-22(19)15-10-11-15/h3-9,13,15H,10-12H2,1-2H3. The van der Waals surface area contributed by atoms with Crippen LogP contribution in [-0.4, -0.2) is 17.2 Å². The topological polar surface area (TPSA) is 43.1 Å². The molecule has 2 aromatic carbocycles. The summed E-state index contributed by atoms with van der Waals surface area (Å²) < 4.78 is 5.37. The average Bonchev–Trinajstić information content (AvgIpc) is 3.40. The van der Waals surface area contributed by atoms with Gasteiger partial charge in [0.05, 0.1) is 11.8 Å². The van der Waals surface area contributed by atoms with E-state index in [1.165, 1.54) is 16.0 Å². The summed E-state index contributed by atoms with van der Waals surface area (Å²) in [6, 6.07) is 14.2. The molecular formula is C22H21NO2S. The highest BCUT2D eigenvalue weighted by molar-refractivity contribution is 7.98. The normalized spacial score (nSPS) is 13.8. The number of hydrogen-bond donors (Lipinski definition) is 0. The minimum absolute atomic E-state index is 0.0161. The Morgan fingerprint density at radius 3 is 2.65 bits per heavy atom. The number of benzene rings is 2. The Morgan fingerprint density at radius 2 is 1.88 bits per heavy atom. The van der Waals surface area contributed by atoms with Gasteiger partial charge in [-0.1, -0.05) is 41.6 Å². The van der Waals surface area contributed by atoms with E-state index >= 15 is 0 Å². The molecule has 4 rings (SSSR count).